The van der Waals surface area contributed by atoms with E-state index in [9.17, 15) is 0 Å². The number of piperidine rings is 1. The summed E-state index contributed by atoms with van der Waals surface area (Å²) < 4.78 is 5.68. The van der Waals surface area contributed by atoms with Crippen molar-refractivity contribution in [3.63, 3.8) is 0 Å². The van der Waals surface area contributed by atoms with Crippen LogP contribution < -0.4 is 10.6 Å². The maximum atomic E-state index is 5.98. The van der Waals surface area contributed by atoms with Gasteiger partial charge in [0.1, 0.15) is 5.82 Å². The van der Waals surface area contributed by atoms with Crippen LogP contribution in [0.25, 0.3) is 0 Å². The number of nitrogens with two attached hydrogens (primary N) is 1. The van der Waals surface area contributed by atoms with Crippen LogP contribution in [0.15, 0.2) is 18.3 Å². The van der Waals surface area contributed by atoms with Crippen LogP contribution in [-0.2, 0) is 11.2 Å². The van der Waals surface area contributed by atoms with Crippen LogP contribution >= 0.6 is 0 Å². The van der Waals surface area contributed by atoms with Crippen LogP contribution in [0.3, 0.4) is 0 Å². The highest BCUT2D eigenvalue weighted by molar-refractivity contribution is 5.39. The van der Waals surface area contributed by atoms with Crippen molar-refractivity contribution in [2.24, 2.45) is 5.73 Å². The third kappa shape index (κ3) is 4.18. The Morgan fingerprint density at radius 3 is 2.65 bits per heavy atom. The second-order valence-electron chi connectivity index (χ2n) is 5.54. The first-order chi connectivity index (χ1) is 9.72. The molecule has 2 rings (SSSR count). The Labute approximate surface area is 122 Å². The van der Waals surface area contributed by atoms with E-state index < -0.39 is 0 Å². The minimum absolute atomic E-state index is 0.240. The summed E-state index contributed by atoms with van der Waals surface area (Å²) in [5.41, 5.74) is 7.21. The van der Waals surface area contributed by atoms with Crippen molar-refractivity contribution in [1.82, 2.24) is 4.98 Å². The molecule has 0 aliphatic carbocycles. The minimum Gasteiger partial charge on any atom is -0.378 e. The maximum Gasteiger partial charge on any atom is 0.128 e. The molecule has 2 N–H and O–H groups in total. The van der Waals surface area contributed by atoms with E-state index in [2.05, 4.69) is 35.9 Å². The van der Waals surface area contributed by atoms with Crippen LogP contribution in [0.4, 0.5) is 5.82 Å². The molecule has 2 heterocycles. The van der Waals surface area contributed by atoms with Crippen molar-refractivity contribution in [2.45, 2.75) is 51.7 Å². The molecule has 1 atom stereocenters. The Morgan fingerprint density at radius 1 is 1.35 bits per heavy atom. The molecule has 0 radical (unpaired) electrons. The second-order valence-corrected chi connectivity index (χ2v) is 5.54. The van der Waals surface area contributed by atoms with Crippen molar-refractivity contribution >= 4 is 5.82 Å². The molecular weight excluding hydrogens is 250 g/mol. The van der Waals surface area contributed by atoms with Crippen molar-refractivity contribution in [2.75, 3.05) is 24.6 Å². The summed E-state index contributed by atoms with van der Waals surface area (Å²) in [7, 11) is 0. The normalized spacial score (nSPS) is 18.2. The van der Waals surface area contributed by atoms with E-state index >= 15 is 0 Å². The first-order valence-corrected chi connectivity index (χ1v) is 7.80. The molecule has 112 valence electrons. The lowest BCUT2D eigenvalue weighted by atomic mass is 10.1. The molecule has 0 amide bonds. The van der Waals surface area contributed by atoms with Crippen molar-refractivity contribution in [3.05, 3.63) is 23.9 Å². The van der Waals surface area contributed by atoms with Gasteiger partial charge in [-0.25, -0.2) is 4.98 Å². The Hall–Kier alpha value is -1.13. The minimum atomic E-state index is 0.240. The second kappa shape index (κ2) is 7.60. The van der Waals surface area contributed by atoms with Gasteiger partial charge in [-0.05, 0) is 44.2 Å². The number of pyridine rings is 1. The van der Waals surface area contributed by atoms with Crippen LogP contribution in [0.5, 0.6) is 0 Å². The average molecular weight is 277 g/mol. The molecule has 0 bridgehead atoms. The topological polar surface area (TPSA) is 51.4 Å². The number of aromatic nitrogens is 1. The monoisotopic (exact) mass is 277 g/mol. The Balaban J connectivity index is 1.87. The maximum absolute atomic E-state index is 5.98. The van der Waals surface area contributed by atoms with E-state index in [0.29, 0.717) is 6.10 Å². The molecule has 4 nitrogen and oxygen atoms in total. The average Bonchev–Trinajstić information content (AvgIpc) is 2.49. The number of nitrogens with zero attached hydrogens (tertiary/aromatic N) is 2. The van der Waals surface area contributed by atoms with Crippen LogP contribution in [-0.4, -0.2) is 36.8 Å². The summed E-state index contributed by atoms with van der Waals surface area (Å²) in [6, 6.07) is 4.52. The summed E-state index contributed by atoms with van der Waals surface area (Å²) in [5.74, 6) is 1.08. The van der Waals surface area contributed by atoms with Gasteiger partial charge in [0.25, 0.3) is 0 Å². The SMILES string of the molecule is CCOC1CCN(c2ccc(CC(N)CC)cn2)CC1. The van der Waals surface area contributed by atoms with Crippen molar-refractivity contribution in [1.29, 1.82) is 0 Å². The predicted octanol–water partition coefficient (Wildman–Crippen LogP) is 2.37. The fraction of sp³-hybridized carbons (Fsp3) is 0.688. The summed E-state index contributed by atoms with van der Waals surface area (Å²) in [6.07, 6.45) is 6.51. The molecule has 1 fully saturated rings. The molecule has 20 heavy (non-hydrogen) atoms. The molecule has 1 saturated heterocycles. The highest BCUT2D eigenvalue weighted by Crippen LogP contribution is 2.20. The Morgan fingerprint density at radius 2 is 2.10 bits per heavy atom. The highest BCUT2D eigenvalue weighted by Gasteiger charge is 2.20. The molecule has 1 aliphatic heterocycles. The summed E-state index contributed by atoms with van der Waals surface area (Å²) >= 11 is 0. The van der Waals surface area contributed by atoms with Crippen molar-refractivity contribution in [3.8, 4) is 0 Å². The van der Waals surface area contributed by atoms with Gasteiger partial charge in [-0.2, -0.15) is 0 Å². The van der Waals surface area contributed by atoms with E-state index in [1.807, 2.05) is 6.20 Å². The third-order valence-electron chi connectivity index (χ3n) is 4.00. The van der Waals surface area contributed by atoms with E-state index in [4.69, 9.17) is 10.5 Å². The van der Waals surface area contributed by atoms with Gasteiger partial charge in [0, 0.05) is 31.9 Å². The van der Waals surface area contributed by atoms with E-state index in [1.165, 1.54) is 5.56 Å². The van der Waals surface area contributed by atoms with Gasteiger partial charge < -0.3 is 15.4 Å². The zero-order valence-corrected chi connectivity index (χ0v) is 12.7. The standard InChI is InChI=1S/C16H27N3O/c1-3-14(17)11-13-5-6-16(18-12-13)19-9-7-15(8-10-19)20-4-2/h5-6,12,14-15H,3-4,7-11,17H2,1-2H3. The number of rotatable bonds is 6. The van der Waals surface area contributed by atoms with Gasteiger partial charge in [-0.15, -0.1) is 0 Å². The lowest BCUT2D eigenvalue weighted by Crippen LogP contribution is -2.37. The quantitative estimate of drug-likeness (QED) is 0.867. The molecule has 4 heteroatoms. The van der Waals surface area contributed by atoms with Gasteiger partial charge >= 0.3 is 0 Å². The van der Waals surface area contributed by atoms with Gasteiger partial charge in [0.15, 0.2) is 0 Å². The first kappa shape index (κ1) is 15.3. The van der Waals surface area contributed by atoms with E-state index in [-0.39, 0.29) is 6.04 Å². The Bertz CT molecular complexity index is 385. The Kier molecular flexibility index (Phi) is 5.80. The molecule has 1 aliphatic rings. The van der Waals surface area contributed by atoms with Crippen LogP contribution in [0, 0.1) is 0 Å². The van der Waals surface area contributed by atoms with Gasteiger partial charge in [0.05, 0.1) is 6.10 Å². The zero-order valence-electron chi connectivity index (χ0n) is 12.7. The predicted molar refractivity (Wildman–Crippen MR) is 83.1 cm³/mol. The van der Waals surface area contributed by atoms with Crippen LogP contribution in [0.2, 0.25) is 0 Å². The van der Waals surface area contributed by atoms with E-state index in [0.717, 1.165) is 51.2 Å². The zero-order chi connectivity index (χ0) is 14.4. The summed E-state index contributed by atoms with van der Waals surface area (Å²) in [6.45, 7) is 7.06. The molecule has 0 aromatic carbocycles. The molecule has 0 spiro atoms. The smallest absolute Gasteiger partial charge is 0.128 e. The number of hydrogen-bond donors (Lipinski definition) is 1. The number of ether oxygens (including phenoxy) is 1. The molecule has 1 aromatic heterocycles. The van der Waals surface area contributed by atoms with Gasteiger partial charge in [0.2, 0.25) is 0 Å². The fourth-order valence-electron chi connectivity index (χ4n) is 2.66. The summed E-state index contributed by atoms with van der Waals surface area (Å²) in [5, 5.41) is 0. The lowest BCUT2D eigenvalue weighted by molar-refractivity contribution is 0.0458. The molecule has 1 aromatic rings. The van der Waals surface area contributed by atoms with Crippen LogP contribution in [0.1, 0.15) is 38.7 Å². The number of anilines is 1. The fourth-order valence-corrected chi connectivity index (χ4v) is 2.66. The molecular formula is C16H27N3O. The third-order valence-corrected chi connectivity index (χ3v) is 4.00. The molecule has 0 saturated carbocycles. The number of hydrogen-bond acceptors (Lipinski definition) is 4. The summed E-state index contributed by atoms with van der Waals surface area (Å²) in [4.78, 5) is 6.94. The van der Waals surface area contributed by atoms with Gasteiger partial charge in [-0.3, -0.25) is 0 Å². The molecule has 1 unspecified atom stereocenters. The van der Waals surface area contributed by atoms with E-state index in [1.54, 1.807) is 0 Å². The largest absolute Gasteiger partial charge is 0.378 e. The lowest BCUT2D eigenvalue weighted by Gasteiger charge is -2.32. The van der Waals surface area contributed by atoms with Crippen molar-refractivity contribution < 1.29 is 4.74 Å². The van der Waals surface area contributed by atoms with Gasteiger partial charge in [-0.1, -0.05) is 13.0 Å². The highest BCUT2D eigenvalue weighted by atomic mass is 16.5. The first-order valence-electron chi connectivity index (χ1n) is 7.80.